The number of carbonyl (C=O) groups excluding carboxylic acids is 5. The van der Waals surface area contributed by atoms with Gasteiger partial charge in [0.05, 0.1) is 36.2 Å². The van der Waals surface area contributed by atoms with Crippen molar-refractivity contribution < 1.29 is 33.4 Å². The van der Waals surface area contributed by atoms with Crippen LogP contribution in [0.3, 0.4) is 0 Å². The summed E-state index contributed by atoms with van der Waals surface area (Å²) >= 11 is 6.28. The first-order valence-electron chi connectivity index (χ1n) is 19.2. The summed E-state index contributed by atoms with van der Waals surface area (Å²) in [6.45, 7) is 13.8. The molecule has 1 aliphatic carbocycles. The minimum Gasteiger partial charge on any atom is -0.490 e. The Morgan fingerprint density at radius 1 is 1.02 bits per heavy atom. The van der Waals surface area contributed by atoms with Gasteiger partial charge in [-0.25, -0.2) is 14.6 Å². The minimum absolute atomic E-state index is 0.0192. The van der Waals surface area contributed by atoms with Crippen LogP contribution in [0.4, 0.5) is 21.9 Å². The molecule has 0 bridgehead atoms. The SMILES string of the molecule is [C-]#[N+]c1ccc(N2C[C@@H](C)N(C(=O)Nc3ccc(OCCCCN(C)C4CC(Oc5ccc6c(c5)C(=O)N(C5CCC(=O)NC5=O)C6=O)C4)nc3)C[C@@H]2C)cc1Cl. The summed E-state index contributed by atoms with van der Waals surface area (Å²) in [6, 6.07) is 12.9. The molecule has 3 aromatic rings. The summed E-state index contributed by atoms with van der Waals surface area (Å²) in [5.41, 5.74) is 2.36. The highest BCUT2D eigenvalue weighted by Gasteiger charge is 2.45. The normalized spacial score (nSPS) is 23.2. The predicted molar refractivity (Wildman–Crippen MR) is 212 cm³/mol. The molecule has 16 heteroatoms. The van der Waals surface area contributed by atoms with Gasteiger partial charge in [0, 0.05) is 67.3 Å². The van der Waals surface area contributed by atoms with E-state index in [-0.39, 0.29) is 48.2 Å². The molecule has 1 aromatic heterocycles. The van der Waals surface area contributed by atoms with Gasteiger partial charge >= 0.3 is 6.03 Å². The second-order valence-electron chi connectivity index (χ2n) is 15.1. The number of pyridine rings is 1. The van der Waals surface area contributed by atoms with Crippen molar-refractivity contribution in [2.45, 2.75) is 82.6 Å². The number of piperidine rings is 1. The van der Waals surface area contributed by atoms with Gasteiger partial charge in [0.1, 0.15) is 17.9 Å². The maximum Gasteiger partial charge on any atom is 0.322 e. The maximum absolute atomic E-state index is 13.2. The summed E-state index contributed by atoms with van der Waals surface area (Å²) in [5.74, 6) is -1.16. The van der Waals surface area contributed by atoms with Crippen LogP contribution in [-0.2, 0) is 9.59 Å². The summed E-state index contributed by atoms with van der Waals surface area (Å²) in [7, 11) is 2.09. The fourth-order valence-corrected chi connectivity index (χ4v) is 8.02. The highest BCUT2D eigenvalue weighted by Crippen LogP contribution is 2.35. The number of carbonyl (C=O) groups is 5. The minimum atomic E-state index is -1.00. The second-order valence-corrected chi connectivity index (χ2v) is 15.5. The number of halogens is 1. The number of aromatic nitrogens is 1. The molecule has 0 radical (unpaired) electrons. The van der Waals surface area contributed by atoms with Gasteiger partial charge in [0.15, 0.2) is 0 Å². The van der Waals surface area contributed by atoms with E-state index in [2.05, 4.69) is 44.2 Å². The Morgan fingerprint density at radius 2 is 1.81 bits per heavy atom. The fourth-order valence-electron chi connectivity index (χ4n) is 7.80. The highest BCUT2D eigenvalue weighted by molar-refractivity contribution is 6.33. The number of ether oxygens (including phenoxy) is 2. The fraction of sp³-hybridized carbons (Fsp3) is 0.439. The molecule has 1 saturated carbocycles. The molecule has 15 nitrogen and oxygen atoms in total. The standard InChI is InChI=1S/C41H45ClN8O7/c1-24-23-49(25(2)22-48(24)27-8-11-34(43-3)33(42)19-27)41(55)45-26-7-14-37(44-21-26)56-16-6-5-15-47(4)28-17-30(18-28)57-29-9-10-31-32(20-29)40(54)50(39(31)53)35-12-13-36(51)46-38(35)52/h7-11,14,19-21,24-25,28,30,35H,5-6,12-13,15-18,22-23H2,1-2,4H3,(H,45,55)(H,46,51,52)/t24-,25+,28?,30?,35?/m0/s1. The number of benzene rings is 2. The molecule has 0 spiro atoms. The van der Waals surface area contributed by atoms with Crippen LogP contribution in [0, 0.1) is 6.57 Å². The van der Waals surface area contributed by atoms with Crippen molar-refractivity contribution in [1.82, 2.24) is 25.0 Å². The number of rotatable bonds is 12. The molecule has 1 unspecified atom stereocenters. The Kier molecular flexibility index (Phi) is 11.6. The van der Waals surface area contributed by atoms with E-state index >= 15 is 0 Å². The third-order valence-electron chi connectivity index (χ3n) is 11.2. The molecule has 2 saturated heterocycles. The van der Waals surface area contributed by atoms with Gasteiger partial charge in [-0.1, -0.05) is 17.7 Å². The molecule has 6 amide bonds. The van der Waals surface area contributed by atoms with E-state index in [4.69, 9.17) is 27.6 Å². The first-order valence-corrected chi connectivity index (χ1v) is 19.6. The van der Waals surface area contributed by atoms with Crippen LogP contribution >= 0.6 is 11.6 Å². The van der Waals surface area contributed by atoms with E-state index < -0.39 is 29.7 Å². The van der Waals surface area contributed by atoms with E-state index in [0.717, 1.165) is 42.8 Å². The van der Waals surface area contributed by atoms with Gasteiger partial charge in [-0.15, -0.1) is 0 Å². The van der Waals surface area contributed by atoms with Gasteiger partial charge in [0.25, 0.3) is 11.8 Å². The molecule has 298 valence electrons. The number of hydrogen-bond donors (Lipinski definition) is 2. The first-order chi connectivity index (χ1) is 27.4. The summed E-state index contributed by atoms with van der Waals surface area (Å²) in [5, 5.41) is 5.58. The van der Waals surface area contributed by atoms with Crippen molar-refractivity contribution in [3.8, 4) is 11.6 Å². The number of nitrogens with zero attached hydrogens (tertiary/aromatic N) is 6. The van der Waals surface area contributed by atoms with Gasteiger partial charge < -0.3 is 29.5 Å². The molecule has 4 aliphatic rings. The number of unbranched alkanes of at least 4 members (excludes halogenated alkanes) is 1. The summed E-state index contributed by atoms with van der Waals surface area (Å²) in [6.07, 6.45) is 5.18. The van der Waals surface area contributed by atoms with E-state index in [0.29, 0.717) is 53.8 Å². The second kappa shape index (κ2) is 16.8. The van der Waals surface area contributed by atoms with Crippen molar-refractivity contribution in [1.29, 1.82) is 0 Å². The molecule has 7 rings (SSSR count). The van der Waals surface area contributed by atoms with Crippen molar-refractivity contribution in [3.63, 3.8) is 0 Å². The molecule has 3 fully saturated rings. The third-order valence-corrected chi connectivity index (χ3v) is 11.5. The van der Waals surface area contributed by atoms with E-state index in [9.17, 15) is 24.0 Å². The van der Waals surface area contributed by atoms with Gasteiger partial charge in [-0.05, 0) is 83.1 Å². The lowest BCUT2D eigenvalue weighted by Crippen LogP contribution is -2.59. The van der Waals surface area contributed by atoms with Crippen LogP contribution in [0.1, 0.15) is 73.1 Å². The number of fused-ring (bicyclic) bond motifs is 1. The molecule has 3 aliphatic heterocycles. The average molecular weight is 797 g/mol. The molecule has 2 N–H and O–H groups in total. The van der Waals surface area contributed by atoms with Gasteiger partial charge in [0.2, 0.25) is 23.4 Å². The number of hydrogen-bond acceptors (Lipinski definition) is 10. The predicted octanol–water partition coefficient (Wildman–Crippen LogP) is 5.52. The van der Waals surface area contributed by atoms with Crippen LogP contribution in [0.15, 0.2) is 54.7 Å². The third kappa shape index (κ3) is 8.52. The molecule has 4 heterocycles. The number of anilines is 2. The lowest BCUT2D eigenvalue weighted by atomic mass is 9.88. The van der Waals surface area contributed by atoms with Crippen molar-refractivity contribution in [2.75, 3.05) is 43.5 Å². The molecular formula is C41H45ClN8O7. The molecular weight excluding hydrogens is 752 g/mol. The van der Waals surface area contributed by atoms with Crippen LogP contribution in [0.25, 0.3) is 4.85 Å². The van der Waals surface area contributed by atoms with Crippen molar-refractivity contribution in [3.05, 3.63) is 82.3 Å². The number of urea groups is 1. The lowest BCUT2D eigenvalue weighted by molar-refractivity contribution is -0.136. The van der Waals surface area contributed by atoms with E-state index in [1.165, 1.54) is 0 Å². The maximum atomic E-state index is 13.2. The summed E-state index contributed by atoms with van der Waals surface area (Å²) in [4.78, 5) is 78.3. The Labute approximate surface area is 336 Å². The zero-order valence-electron chi connectivity index (χ0n) is 32.1. The van der Waals surface area contributed by atoms with Gasteiger partial charge in [-0.2, -0.15) is 0 Å². The Balaban J connectivity index is 0.787. The largest absolute Gasteiger partial charge is 0.490 e. The van der Waals surface area contributed by atoms with E-state index in [1.807, 2.05) is 24.0 Å². The quantitative estimate of drug-likeness (QED) is 0.136. The lowest BCUT2D eigenvalue weighted by Gasteiger charge is -2.45. The Hall–Kier alpha value is -5.72. The highest BCUT2D eigenvalue weighted by atomic mass is 35.5. The summed E-state index contributed by atoms with van der Waals surface area (Å²) < 4.78 is 12.0. The van der Waals surface area contributed by atoms with Crippen LogP contribution in [-0.4, -0.2) is 113 Å². The number of piperazine rings is 1. The average Bonchev–Trinajstić information content (AvgIpc) is 3.41. The van der Waals surface area contributed by atoms with Gasteiger partial charge in [-0.3, -0.25) is 29.4 Å². The van der Waals surface area contributed by atoms with Crippen LogP contribution in [0.5, 0.6) is 11.6 Å². The number of imide groups is 2. The van der Waals surface area contributed by atoms with Crippen molar-refractivity contribution in [2.24, 2.45) is 0 Å². The molecule has 3 atom stereocenters. The Bertz CT molecular complexity index is 2100. The number of amides is 6. The van der Waals surface area contributed by atoms with E-state index in [1.54, 1.807) is 42.6 Å². The molecule has 57 heavy (non-hydrogen) atoms. The monoisotopic (exact) mass is 796 g/mol. The Morgan fingerprint density at radius 3 is 2.53 bits per heavy atom. The molecule has 2 aromatic carbocycles. The zero-order chi connectivity index (χ0) is 40.4. The number of nitrogens with one attached hydrogen (secondary N) is 2. The van der Waals surface area contributed by atoms with Crippen molar-refractivity contribution >= 4 is 58.3 Å². The smallest absolute Gasteiger partial charge is 0.322 e. The zero-order valence-corrected chi connectivity index (χ0v) is 32.8. The first kappa shape index (κ1) is 39.5. The van der Waals surface area contributed by atoms with Crippen LogP contribution < -0.4 is 25.0 Å². The van der Waals surface area contributed by atoms with Crippen LogP contribution in [0.2, 0.25) is 5.02 Å². The topological polar surface area (TPSA) is 158 Å².